The minimum atomic E-state index is -0.0755. The summed E-state index contributed by atoms with van der Waals surface area (Å²) < 4.78 is 5.46. The number of amides is 1. The van der Waals surface area contributed by atoms with Crippen LogP contribution in [0.1, 0.15) is 32.0 Å². The Balaban J connectivity index is 1.77. The molecule has 25 heavy (non-hydrogen) atoms. The third kappa shape index (κ3) is 4.39. The number of aromatic nitrogens is 1. The third-order valence-corrected chi connectivity index (χ3v) is 5.73. The second kappa shape index (κ2) is 8.27. The minimum Gasteiger partial charge on any atom is -0.379 e. The van der Waals surface area contributed by atoms with Gasteiger partial charge < -0.3 is 10.1 Å². The Labute approximate surface area is 157 Å². The average molecular weight is 380 g/mol. The van der Waals surface area contributed by atoms with Gasteiger partial charge in [-0.2, -0.15) is 0 Å². The topological polar surface area (TPSA) is 54.5 Å². The summed E-state index contributed by atoms with van der Waals surface area (Å²) in [4.78, 5) is 19.9. The summed E-state index contributed by atoms with van der Waals surface area (Å²) >= 11 is 7.85. The van der Waals surface area contributed by atoms with E-state index in [1.165, 1.54) is 11.3 Å². The van der Waals surface area contributed by atoms with E-state index in [0.29, 0.717) is 24.6 Å². The van der Waals surface area contributed by atoms with E-state index < -0.39 is 0 Å². The summed E-state index contributed by atoms with van der Waals surface area (Å²) in [6, 6.07) is 7.84. The van der Waals surface area contributed by atoms with E-state index in [1.807, 2.05) is 38.1 Å². The Morgan fingerprint density at radius 3 is 2.72 bits per heavy atom. The van der Waals surface area contributed by atoms with Crippen molar-refractivity contribution in [2.75, 3.05) is 32.8 Å². The number of carbonyl (C=O) groups is 1. The molecular formula is C18H22ClN3O2S. The average Bonchev–Trinajstić information content (AvgIpc) is 2.96. The first kappa shape index (κ1) is 18.3. The molecule has 134 valence electrons. The number of aryl methyl sites for hydroxylation is 2. The molecule has 1 atom stereocenters. The molecule has 2 aromatic rings. The van der Waals surface area contributed by atoms with Gasteiger partial charge in [-0.25, -0.2) is 4.98 Å². The highest BCUT2D eigenvalue weighted by Gasteiger charge is 2.25. The SMILES string of the molecule is Cc1nc(C)c(C(=O)NC[C@@H](c2ccccc2Cl)N2CCOCC2)s1. The molecule has 0 bridgehead atoms. The summed E-state index contributed by atoms with van der Waals surface area (Å²) in [5, 5.41) is 4.69. The van der Waals surface area contributed by atoms with Gasteiger partial charge in [-0.1, -0.05) is 29.8 Å². The smallest absolute Gasteiger partial charge is 0.263 e. The zero-order valence-electron chi connectivity index (χ0n) is 14.4. The number of rotatable bonds is 5. The zero-order chi connectivity index (χ0) is 17.8. The second-order valence-electron chi connectivity index (χ2n) is 6.04. The monoisotopic (exact) mass is 379 g/mol. The number of halogens is 1. The molecule has 1 aromatic carbocycles. The zero-order valence-corrected chi connectivity index (χ0v) is 16.0. The number of benzene rings is 1. The second-order valence-corrected chi connectivity index (χ2v) is 7.65. The van der Waals surface area contributed by atoms with Gasteiger partial charge in [-0.15, -0.1) is 11.3 Å². The van der Waals surface area contributed by atoms with Crippen molar-refractivity contribution >= 4 is 28.8 Å². The van der Waals surface area contributed by atoms with E-state index in [1.54, 1.807) is 0 Å². The van der Waals surface area contributed by atoms with Gasteiger partial charge in [0.2, 0.25) is 0 Å². The summed E-state index contributed by atoms with van der Waals surface area (Å²) in [5.41, 5.74) is 1.81. The van der Waals surface area contributed by atoms with Crippen molar-refractivity contribution in [3.63, 3.8) is 0 Å². The van der Waals surface area contributed by atoms with Gasteiger partial charge >= 0.3 is 0 Å². The first-order valence-electron chi connectivity index (χ1n) is 8.34. The van der Waals surface area contributed by atoms with E-state index in [0.717, 1.165) is 34.4 Å². The van der Waals surface area contributed by atoms with Crippen molar-refractivity contribution in [1.29, 1.82) is 0 Å². The fourth-order valence-corrected chi connectivity index (χ4v) is 4.18. The lowest BCUT2D eigenvalue weighted by Gasteiger charge is -2.35. The molecule has 3 rings (SSSR count). The van der Waals surface area contributed by atoms with E-state index in [4.69, 9.17) is 16.3 Å². The quantitative estimate of drug-likeness (QED) is 0.866. The number of hydrogen-bond acceptors (Lipinski definition) is 5. The molecule has 1 saturated heterocycles. The largest absolute Gasteiger partial charge is 0.379 e. The van der Waals surface area contributed by atoms with Crippen molar-refractivity contribution < 1.29 is 9.53 Å². The molecule has 1 fully saturated rings. The van der Waals surface area contributed by atoms with Gasteiger partial charge in [0.1, 0.15) is 4.88 Å². The van der Waals surface area contributed by atoms with E-state index in [9.17, 15) is 4.79 Å². The fraction of sp³-hybridized carbons (Fsp3) is 0.444. The molecule has 1 aliphatic heterocycles. The van der Waals surface area contributed by atoms with Crippen LogP contribution in [0.5, 0.6) is 0 Å². The van der Waals surface area contributed by atoms with Crippen LogP contribution < -0.4 is 5.32 Å². The molecule has 0 aliphatic carbocycles. The Bertz CT molecular complexity index is 744. The molecule has 0 spiro atoms. The van der Waals surface area contributed by atoms with Gasteiger partial charge in [0.05, 0.1) is 30.0 Å². The van der Waals surface area contributed by atoms with Crippen LogP contribution in [0.3, 0.4) is 0 Å². The normalized spacial score (nSPS) is 16.6. The van der Waals surface area contributed by atoms with Crippen LogP contribution in [0.4, 0.5) is 0 Å². The van der Waals surface area contributed by atoms with Crippen molar-refractivity contribution in [3.8, 4) is 0 Å². The van der Waals surface area contributed by atoms with Gasteiger partial charge in [0.15, 0.2) is 0 Å². The van der Waals surface area contributed by atoms with E-state index in [-0.39, 0.29) is 11.9 Å². The maximum Gasteiger partial charge on any atom is 0.263 e. The summed E-state index contributed by atoms with van der Waals surface area (Å²) in [7, 11) is 0. The Kier molecular flexibility index (Phi) is 6.06. The molecule has 5 nitrogen and oxygen atoms in total. The van der Waals surface area contributed by atoms with Crippen LogP contribution in [-0.4, -0.2) is 48.6 Å². The highest BCUT2D eigenvalue weighted by Crippen LogP contribution is 2.28. The molecule has 1 amide bonds. The Morgan fingerprint density at radius 1 is 1.36 bits per heavy atom. The maximum atomic E-state index is 12.6. The van der Waals surface area contributed by atoms with Gasteiger partial charge in [0.25, 0.3) is 5.91 Å². The summed E-state index contributed by atoms with van der Waals surface area (Å²) in [6.07, 6.45) is 0. The molecule has 7 heteroatoms. The van der Waals surface area contributed by atoms with Crippen LogP contribution >= 0.6 is 22.9 Å². The van der Waals surface area contributed by atoms with Crippen LogP contribution in [0, 0.1) is 13.8 Å². The Morgan fingerprint density at radius 2 is 2.08 bits per heavy atom. The first-order valence-corrected chi connectivity index (χ1v) is 9.54. The molecule has 0 radical (unpaired) electrons. The van der Waals surface area contributed by atoms with Crippen LogP contribution in [0.25, 0.3) is 0 Å². The molecule has 1 aliphatic rings. The van der Waals surface area contributed by atoms with Crippen molar-refractivity contribution in [2.45, 2.75) is 19.9 Å². The third-order valence-electron chi connectivity index (χ3n) is 4.32. The van der Waals surface area contributed by atoms with Gasteiger partial charge in [0, 0.05) is 24.7 Å². The molecule has 1 N–H and O–H groups in total. The lowest BCUT2D eigenvalue weighted by Crippen LogP contribution is -2.43. The molecule has 2 heterocycles. The van der Waals surface area contributed by atoms with Crippen molar-refractivity contribution in [2.24, 2.45) is 0 Å². The predicted molar refractivity (Wildman–Crippen MR) is 101 cm³/mol. The lowest BCUT2D eigenvalue weighted by atomic mass is 10.0. The van der Waals surface area contributed by atoms with Crippen LogP contribution in [-0.2, 0) is 4.74 Å². The standard InChI is InChI=1S/C18H22ClN3O2S/c1-12-17(25-13(2)21-12)18(23)20-11-16(22-7-9-24-10-8-22)14-5-3-4-6-15(14)19/h3-6,16H,7-11H2,1-2H3,(H,20,23)/t16-/m0/s1. The van der Waals surface area contributed by atoms with E-state index in [2.05, 4.69) is 15.2 Å². The van der Waals surface area contributed by atoms with Gasteiger partial charge in [-0.3, -0.25) is 9.69 Å². The predicted octanol–water partition coefficient (Wildman–Crippen LogP) is 3.22. The Hall–Kier alpha value is -1.47. The number of morpholine rings is 1. The molecule has 0 unspecified atom stereocenters. The minimum absolute atomic E-state index is 0.0240. The molecular weight excluding hydrogens is 358 g/mol. The lowest BCUT2D eigenvalue weighted by molar-refractivity contribution is 0.0162. The van der Waals surface area contributed by atoms with E-state index >= 15 is 0 Å². The number of carbonyl (C=O) groups excluding carboxylic acids is 1. The van der Waals surface area contributed by atoms with Crippen molar-refractivity contribution in [3.05, 3.63) is 50.4 Å². The number of ether oxygens (including phenoxy) is 1. The number of nitrogens with one attached hydrogen (secondary N) is 1. The van der Waals surface area contributed by atoms with Gasteiger partial charge in [-0.05, 0) is 25.5 Å². The molecule has 0 saturated carbocycles. The highest BCUT2D eigenvalue weighted by molar-refractivity contribution is 7.13. The van der Waals surface area contributed by atoms with Crippen LogP contribution in [0.2, 0.25) is 5.02 Å². The van der Waals surface area contributed by atoms with Crippen molar-refractivity contribution in [1.82, 2.24) is 15.2 Å². The summed E-state index contributed by atoms with van der Waals surface area (Å²) in [5.74, 6) is -0.0755. The first-order chi connectivity index (χ1) is 12.1. The number of hydrogen-bond donors (Lipinski definition) is 1. The number of nitrogens with zero attached hydrogens (tertiary/aromatic N) is 2. The number of thiazole rings is 1. The fourth-order valence-electron chi connectivity index (χ4n) is 3.08. The summed E-state index contributed by atoms with van der Waals surface area (Å²) in [6.45, 7) is 7.32. The van der Waals surface area contributed by atoms with Crippen LogP contribution in [0.15, 0.2) is 24.3 Å². The highest BCUT2D eigenvalue weighted by atomic mass is 35.5. The maximum absolute atomic E-state index is 12.6. The molecule has 1 aromatic heterocycles.